The predicted molar refractivity (Wildman–Crippen MR) is 75.5 cm³/mol. The highest BCUT2D eigenvalue weighted by molar-refractivity contribution is 5.67. The van der Waals surface area contributed by atoms with Crippen molar-refractivity contribution in [2.75, 3.05) is 37.9 Å². The van der Waals surface area contributed by atoms with E-state index in [0.29, 0.717) is 5.92 Å². The van der Waals surface area contributed by atoms with E-state index in [2.05, 4.69) is 23.8 Å². The van der Waals surface area contributed by atoms with Crippen molar-refractivity contribution in [1.82, 2.24) is 9.78 Å². The van der Waals surface area contributed by atoms with Crippen molar-refractivity contribution >= 4 is 11.5 Å². The van der Waals surface area contributed by atoms with Crippen LogP contribution in [0.1, 0.15) is 25.5 Å². The summed E-state index contributed by atoms with van der Waals surface area (Å²) in [7, 11) is 5.36. The molecule has 0 radical (unpaired) electrons. The maximum absolute atomic E-state index is 6.25. The smallest absolute Gasteiger partial charge is 0.150 e. The van der Waals surface area contributed by atoms with Crippen molar-refractivity contribution in [1.29, 1.82) is 0 Å². The minimum Gasteiger partial charge on any atom is -0.394 e. The zero-order chi connectivity index (χ0) is 14.2. The molecule has 2 unspecified atom stereocenters. The number of nitrogens with zero attached hydrogens (tertiary/aromatic N) is 3. The second-order valence-corrected chi connectivity index (χ2v) is 5.35. The van der Waals surface area contributed by atoms with E-state index in [1.807, 2.05) is 11.7 Å². The fourth-order valence-electron chi connectivity index (χ4n) is 2.72. The van der Waals surface area contributed by atoms with E-state index in [4.69, 9.17) is 15.2 Å². The molecule has 2 rings (SSSR count). The number of anilines is 2. The number of aryl methyl sites for hydroxylation is 1. The Hall–Kier alpha value is -1.27. The van der Waals surface area contributed by atoms with Gasteiger partial charge in [0.25, 0.3) is 0 Å². The van der Waals surface area contributed by atoms with Crippen LogP contribution in [0.4, 0.5) is 11.5 Å². The third kappa shape index (κ3) is 2.42. The summed E-state index contributed by atoms with van der Waals surface area (Å²) in [4.78, 5) is 2.19. The molecule has 0 aromatic carbocycles. The fourth-order valence-corrected chi connectivity index (χ4v) is 2.72. The van der Waals surface area contributed by atoms with Gasteiger partial charge in [0, 0.05) is 34.4 Å². The molecule has 0 saturated carbocycles. The molecule has 0 aliphatic carbocycles. The second-order valence-electron chi connectivity index (χ2n) is 5.35. The highest BCUT2D eigenvalue weighted by Crippen LogP contribution is 2.33. The van der Waals surface area contributed by atoms with E-state index in [9.17, 15) is 0 Å². The Morgan fingerprint density at radius 3 is 2.11 bits per heavy atom. The molecule has 108 valence electrons. The van der Waals surface area contributed by atoms with E-state index in [0.717, 1.165) is 30.3 Å². The third-order valence-corrected chi connectivity index (χ3v) is 3.75. The Kier molecular flexibility index (Phi) is 4.01. The number of hydrogen-bond donors (Lipinski definition) is 1. The van der Waals surface area contributed by atoms with Crippen LogP contribution in [-0.2, 0) is 16.5 Å². The van der Waals surface area contributed by atoms with Gasteiger partial charge in [-0.05, 0) is 5.92 Å². The normalized spacial score (nSPS) is 23.6. The molecule has 1 saturated heterocycles. The van der Waals surface area contributed by atoms with Crippen LogP contribution in [0.3, 0.4) is 0 Å². The molecule has 1 aromatic heterocycles. The molecular weight excluding hydrogens is 244 g/mol. The first-order valence-electron chi connectivity index (χ1n) is 6.62. The summed E-state index contributed by atoms with van der Waals surface area (Å²) >= 11 is 0. The van der Waals surface area contributed by atoms with Crippen molar-refractivity contribution in [3.63, 3.8) is 0 Å². The Labute approximate surface area is 114 Å². The quantitative estimate of drug-likeness (QED) is 0.881. The number of rotatable bonds is 4. The first kappa shape index (κ1) is 14.1. The van der Waals surface area contributed by atoms with Crippen LogP contribution >= 0.6 is 0 Å². The highest BCUT2D eigenvalue weighted by Gasteiger charge is 2.35. The Morgan fingerprint density at radius 2 is 1.74 bits per heavy atom. The molecule has 1 aromatic rings. The minimum absolute atomic E-state index is 0.0711. The molecule has 6 nitrogen and oxygen atoms in total. The Balaban J connectivity index is 2.28. The van der Waals surface area contributed by atoms with E-state index < -0.39 is 0 Å². The summed E-state index contributed by atoms with van der Waals surface area (Å²) in [5.41, 5.74) is 7.97. The minimum atomic E-state index is 0.0711. The van der Waals surface area contributed by atoms with Crippen molar-refractivity contribution in [3.05, 3.63) is 5.69 Å². The van der Waals surface area contributed by atoms with Crippen LogP contribution in [-0.4, -0.2) is 49.3 Å². The van der Waals surface area contributed by atoms with Crippen LogP contribution in [0, 0.1) is 0 Å². The molecule has 2 heterocycles. The first-order chi connectivity index (χ1) is 8.99. The van der Waals surface area contributed by atoms with Gasteiger partial charge in [0.05, 0.1) is 11.4 Å². The highest BCUT2D eigenvalue weighted by atomic mass is 16.5. The van der Waals surface area contributed by atoms with Crippen molar-refractivity contribution in [2.45, 2.75) is 32.0 Å². The average Bonchev–Trinajstić information content (AvgIpc) is 2.90. The van der Waals surface area contributed by atoms with Gasteiger partial charge >= 0.3 is 0 Å². The maximum Gasteiger partial charge on any atom is 0.150 e. The number of nitrogen functional groups attached to an aromatic ring is 1. The van der Waals surface area contributed by atoms with Gasteiger partial charge in [0.1, 0.15) is 12.2 Å². The molecule has 1 fully saturated rings. The van der Waals surface area contributed by atoms with Crippen LogP contribution in [0.25, 0.3) is 0 Å². The Bertz CT molecular complexity index is 432. The number of nitrogens with two attached hydrogens (primary N) is 1. The lowest BCUT2D eigenvalue weighted by Gasteiger charge is -2.18. The van der Waals surface area contributed by atoms with Gasteiger partial charge in [-0.15, -0.1) is 0 Å². The molecule has 2 atom stereocenters. The molecule has 0 bridgehead atoms. The van der Waals surface area contributed by atoms with E-state index in [1.165, 1.54) is 0 Å². The SMILES string of the molecule is COC1CN(c2c(N)c(C(C)C)nn2C)CC1OC. The zero-order valence-corrected chi connectivity index (χ0v) is 12.4. The van der Waals surface area contributed by atoms with Gasteiger partial charge in [0.15, 0.2) is 5.82 Å². The van der Waals surface area contributed by atoms with E-state index >= 15 is 0 Å². The summed E-state index contributed by atoms with van der Waals surface area (Å²) in [5, 5.41) is 4.52. The lowest BCUT2D eigenvalue weighted by Crippen LogP contribution is -2.27. The van der Waals surface area contributed by atoms with Crippen LogP contribution in [0.2, 0.25) is 0 Å². The number of hydrogen-bond acceptors (Lipinski definition) is 5. The lowest BCUT2D eigenvalue weighted by atomic mass is 10.1. The molecule has 1 aliphatic rings. The van der Waals surface area contributed by atoms with Crippen LogP contribution in [0.5, 0.6) is 0 Å². The molecule has 0 spiro atoms. The second kappa shape index (κ2) is 5.38. The summed E-state index contributed by atoms with van der Waals surface area (Å²) in [6, 6.07) is 0. The molecular formula is C13H24N4O2. The molecule has 6 heteroatoms. The third-order valence-electron chi connectivity index (χ3n) is 3.75. The topological polar surface area (TPSA) is 65.5 Å². The van der Waals surface area contributed by atoms with E-state index in [-0.39, 0.29) is 12.2 Å². The largest absolute Gasteiger partial charge is 0.394 e. The van der Waals surface area contributed by atoms with Crippen LogP contribution in [0.15, 0.2) is 0 Å². The van der Waals surface area contributed by atoms with Crippen LogP contribution < -0.4 is 10.6 Å². The monoisotopic (exact) mass is 268 g/mol. The van der Waals surface area contributed by atoms with Gasteiger partial charge in [0.2, 0.25) is 0 Å². The number of aromatic nitrogens is 2. The van der Waals surface area contributed by atoms with Gasteiger partial charge < -0.3 is 20.1 Å². The van der Waals surface area contributed by atoms with Gasteiger partial charge in [-0.3, -0.25) is 4.68 Å². The molecule has 0 amide bonds. The number of methoxy groups -OCH3 is 2. The maximum atomic E-state index is 6.25. The average molecular weight is 268 g/mol. The molecule has 1 aliphatic heterocycles. The molecule has 19 heavy (non-hydrogen) atoms. The molecule has 2 N–H and O–H groups in total. The summed E-state index contributed by atoms with van der Waals surface area (Å²) in [6.45, 7) is 5.75. The van der Waals surface area contributed by atoms with Crippen molar-refractivity contribution in [3.8, 4) is 0 Å². The zero-order valence-electron chi connectivity index (χ0n) is 12.4. The Morgan fingerprint density at radius 1 is 1.21 bits per heavy atom. The van der Waals surface area contributed by atoms with Gasteiger partial charge in [-0.25, -0.2) is 0 Å². The van der Waals surface area contributed by atoms with E-state index in [1.54, 1.807) is 14.2 Å². The predicted octanol–water partition coefficient (Wildman–Crippen LogP) is 0.976. The summed E-state index contributed by atoms with van der Waals surface area (Å²) < 4.78 is 12.8. The number of ether oxygens (including phenoxy) is 2. The van der Waals surface area contributed by atoms with Crippen molar-refractivity contribution in [2.24, 2.45) is 7.05 Å². The lowest BCUT2D eigenvalue weighted by molar-refractivity contribution is -0.00461. The summed E-state index contributed by atoms with van der Waals surface area (Å²) in [5.74, 6) is 1.28. The summed E-state index contributed by atoms with van der Waals surface area (Å²) in [6.07, 6.45) is 0.142. The fraction of sp³-hybridized carbons (Fsp3) is 0.769. The first-order valence-corrected chi connectivity index (χ1v) is 6.62. The standard InChI is InChI=1S/C13H24N4O2/c1-8(2)12-11(14)13(16(3)15-12)17-6-9(18-4)10(7-17)19-5/h8-10H,6-7,14H2,1-5H3. The van der Waals surface area contributed by atoms with Gasteiger partial charge in [-0.1, -0.05) is 13.8 Å². The van der Waals surface area contributed by atoms with Gasteiger partial charge in [-0.2, -0.15) is 5.10 Å². The van der Waals surface area contributed by atoms with Crippen molar-refractivity contribution < 1.29 is 9.47 Å².